The zero-order chi connectivity index (χ0) is 9.68. The van der Waals surface area contributed by atoms with E-state index >= 15 is 0 Å². The topological polar surface area (TPSA) is 20.2 Å². The Morgan fingerprint density at radius 1 is 1.31 bits per heavy atom. The third-order valence-corrected chi connectivity index (χ3v) is 3.73. The second-order valence-corrected chi connectivity index (χ2v) is 5.15. The molecular formula is C10H14ClOP. The van der Waals surface area contributed by atoms with E-state index < -0.39 is 8.15 Å². The maximum atomic E-state index is 9.76. The standard InChI is InChI=1S/C10H14ClOP/c1-2-3-8-13(12)10-6-4-9(11)5-7-10/h4-7,12H,2-3,8H2,1H3. The van der Waals surface area contributed by atoms with Crippen molar-refractivity contribution in [1.82, 2.24) is 0 Å². The summed E-state index contributed by atoms with van der Waals surface area (Å²) in [6.07, 6.45) is 3.12. The molecule has 1 rings (SSSR count). The molecule has 0 aliphatic rings. The Morgan fingerprint density at radius 3 is 2.46 bits per heavy atom. The Kier molecular flexibility index (Phi) is 4.72. The van der Waals surface area contributed by atoms with Gasteiger partial charge in [-0.1, -0.05) is 37.1 Å². The first-order valence-corrected chi connectivity index (χ1v) is 6.31. The Labute approximate surface area is 85.6 Å². The second kappa shape index (κ2) is 5.59. The third kappa shape index (κ3) is 3.64. The molecule has 0 aromatic heterocycles. The molecular weight excluding hydrogens is 203 g/mol. The van der Waals surface area contributed by atoms with Gasteiger partial charge in [0.15, 0.2) is 0 Å². The molecule has 0 aliphatic heterocycles. The van der Waals surface area contributed by atoms with E-state index in [-0.39, 0.29) is 0 Å². The van der Waals surface area contributed by atoms with Crippen molar-refractivity contribution >= 4 is 25.1 Å². The van der Waals surface area contributed by atoms with E-state index in [2.05, 4.69) is 6.92 Å². The van der Waals surface area contributed by atoms with Crippen molar-refractivity contribution in [3.8, 4) is 0 Å². The number of halogens is 1. The average Bonchev–Trinajstić information content (AvgIpc) is 2.15. The molecule has 0 fully saturated rings. The van der Waals surface area contributed by atoms with Gasteiger partial charge in [-0.2, -0.15) is 0 Å². The normalized spacial score (nSPS) is 12.8. The molecule has 0 bridgehead atoms. The monoisotopic (exact) mass is 216 g/mol. The Balaban J connectivity index is 2.55. The van der Waals surface area contributed by atoms with Crippen LogP contribution in [0.2, 0.25) is 5.02 Å². The summed E-state index contributed by atoms with van der Waals surface area (Å²) in [4.78, 5) is 9.76. The van der Waals surface area contributed by atoms with Crippen molar-refractivity contribution < 1.29 is 4.89 Å². The minimum Gasteiger partial charge on any atom is -0.369 e. The lowest BCUT2D eigenvalue weighted by atomic mass is 10.4. The number of hydrogen-bond acceptors (Lipinski definition) is 1. The Bertz CT molecular complexity index is 248. The van der Waals surface area contributed by atoms with Gasteiger partial charge < -0.3 is 4.89 Å². The van der Waals surface area contributed by atoms with Gasteiger partial charge in [0.1, 0.15) is 0 Å². The van der Waals surface area contributed by atoms with Gasteiger partial charge in [-0.05, 0) is 24.7 Å². The van der Waals surface area contributed by atoms with E-state index in [1.54, 1.807) is 0 Å². The first-order valence-electron chi connectivity index (χ1n) is 4.46. The van der Waals surface area contributed by atoms with Gasteiger partial charge in [0.2, 0.25) is 0 Å². The zero-order valence-electron chi connectivity index (χ0n) is 7.70. The number of hydrogen-bond donors (Lipinski definition) is 1. The van der Waals surface area contributed by atoms with Crippen LogP contribution in [0.1, 0.15) is 19.8 Å². The molecule has 1 N–H and O–H groups in total. The highest BCUT2D eigenvalue weighted by Gasteiger charge is 2.05. The molecule has 3 heteroatoms. The maximum absolute atomic E-state index is 9.76. The molecule has 1 nitrogen and oxygen atoms in total. The van der Waals surface area contributed by atoms with Crippen LogP contribution in [0.15, 0.2) is 24.3 Å². The second-order valence-electron chi connectivity index (χ2n) is 2.95. The molecule has 0 radical (unpaired) electrons. The van der Waals surface area contributed by atoms with Crippen LogP contribution in [0, 0.1) is 0 Å². The summed E-state index contributed by atoms with van der Waals surface area (Å²) in [6.45, 7) is 2.13. The molecule has 0 aliphatic carbocycles. The van der Waals surface area contributed by atoms with E-state index in [4.69, 9.17) is 11.6 Å². The molecule has 0 heterocycles. The molecule has 1 atom stereocenters. The predicted molar refractivity (Wildman–Crippen MR) is 60.0 cm³/mol. The van der Waals surface area contributed by atoms with E-state index in [0.29, 0.717) is 0 Å². The van der Waals surface area contributed by atoms with Crippen LogP contribution >= 0.6 is 19.7 Å². The van der Waals surface area contributed by atoms with Crippen molar-refractivity contribution in [3.63, 3.8) is 0 Å². The summed E-state index contributed by atoms with van der Waals surface area (Å²) in [6, 6.07) is 7.47. The summed E-state index contributed by atoms with van der Waals surface area (Å²) < 4.78 is 0. The summed E-state index contributed by atoms with van der Waals surface area (Å²) >= 11 is 5.75. The predicted octanol–water partition coefficient (Wildman–Crippen LogP) is 3.15. The lowest BCUT2D eigenvalue weighted by Gasteiger charge is -2.09. The van der Waals surface area contributed by atoms with Crippen LogP contribution in [0.3, 0.4) is 0 Å². The number of rotatable bonds is 4. The highest BCUT2D eigenvalue weighted by Crippen LogP contribution is 2.30. The first kappa shape index (κ1) is 11.0. The van der Waals surface area contributed by atoms with E-state index in [0.717, 1.165) is 29.3 Å². The molecule has 13 heavy (non-hydrogen) atoms. The molecule has 72 valence electrons. The van der Waals surface area contributed by atoms with Gasteiger partial charge in [-0.15, -0.1) is 0 Å². The Morgan fingerprint density at radius 2 is 1.92 bits per heavy atom. The van der Waals surface area contributed by atoms with E-state index in [1.165, 1.54) is 0 Å². The minimum atomic E-state index is -0.953. The summed E-state index contributed by atoms with van der Waals surface area (Å²) in [7, 11) is -0.953. The fourth-order valence-corrected chi connectivity index (χ4v) is 2.54. The van der Waals surface area contributed by atoms with Crippen LogP contribution < -0.4 is 5.30 Å². The molecule has 0 amide bonds. The van der Waals surface area contributed by atoms with Gasteiger partial charge in [0, 0.05) is 10.3 Å². The largest absolute Gasteiger partial charge is 0.369 e. The summed E-state index contributed by atoms with van der Waals surface area (Å²) in [5.41, 5.74) is 0. The van der Waals surface area contributed by atoms with Crippen molar-refractivity contribution in [2.75, 3.05) is 6.16 Å². The number of benzene rings is 1. The van der Waals surface area contributed by atoms with Gasteiger partial charge >= 0.3 is 0 Å². The van der Waals surface area contributed by atoms with Crippen LogP contribution in [0.5, 0.6) is 0 Å². The van der Waals surface area contributed by atoms with Gasteiger partial charge in [0.25, 0.3) is 0 Å². The third-order valence-electron chi connectivity index (χ3n) is 1.85. The average molecular weight is 217 g/mol. The first-order chi connectivity index (χ1) is 6.24. The minimum absolute atomic E-state index is 0.725. The molecule has 0 saturated carbocycles. The molecule has 0 spiro atoms. The fraction of sp³-hybridized carbons (Fsp3) is 0.400. The quantitative estimate of drug-likeness (QED) is 0.767. The van der Waals surface area contributed by atoms with E-state index in [1.807, 2.05) is 24.3 Å². The summed E-state index contributed by atoms with van der Waals surface area (Å²) in [5.74, 6) is 0. The lowest BCUT2D eigenvalue weighted by molar-refractivity contribution is 0.629. The van der Waals surface area contributed by atoms with Gasteiger partial charge in [0.05, 0.1) is 8.15 Å². The van der Waals surface area contributed by atoms with Gasteiger partial charge in [-0.3, -0.25) is 0 Å². The molecule has 1 aromatic rings. The zero-order valence-corrected chi connectivity index (χ0v) is 9.35. The lowest BCUT2D eigenvalue weighted by Crippen LogP contribution is -2.01. The highest BCUT2D eigenvalue weighted by molar-refractivity contribution is 7.59. The van der Waals surface area contributed by atoms with Gasteiger partial charge in [-0.25, -0.2) is 0 Å². The highest BCUT2D eigenvalue weighted by atomic mass is 35.5. The SMILES string of the molecule is CCCCP(O)c1ccc(Cl)cc1. The summed E-state index contributed by atoms with van der Waals surface area (Å²) in [5, 5.41) is 1.75. The van der Waals surface area contributed by atoms with Crippen LogP contribution in [-0.4, -0.2) is 11.1 Å². The van der Waals surface area contributed by atoms with Crippen molar-refractivity contribution in [3.05, 3.63) is 29.3 Å². The van der Waals surface area contributed by atoms with Crippen molar-refractivity contribution in [2.24, 2.45) is 0 Å². The van der Waals surface area contributed by atoms with Crippen molar-refractivity contribution in [2.45, 2.75) is 19.8 Å². The Hall–Kier alpha value is -0.100. The molecule has 1 unspecified atom stereocenters. The molecule has 0 saturated heterocycles. The number of unbranched alkanes of at least 4 members (excludes halogenated alkanes) is 1. The van der Waals surface area contributed by atoms with E-state index in [9.17, 15) is 4.89 Å². The van der Waals surface area contributed by atoms with Crippen LogP contribution in [0.4, 0.5) is 0 Å². The maximum Gasteiger partial charge on any atom is 0.0563 e. The fourth-order valence-electron chi connectivity index (χ4n) is 1.05. The van der Waals surface area contributed by atoms with Crippen LogP contribution in [-0.2, 0) is 0 Å². The molecule has 1 aromatic carbocycles. The van der Waals surface area contributed by atoms with Crippen LogP contribution in [0.25, 0.3) is 0 Å². The van der Waals surface area contributed by atoms with Crippen molar-refractivity contribution in [1.29, 1.82) is 0 Å². The smallest absolute Gasteiger partial charge is 0.0563 e.